The highest BCUT2D eigenvalue weighted by molar-refractivity contribution is 7.49. The number of benzene rings is 1. The van der Waals surface area contributed by atoms with Gasteiger partial charge < -0.3 is 50.2 Å². The Balaban J connectivity index is 1.56. The Morgan fingerprint density at radius 1 is 1.31 bits per heavy atom. The van der Waals surface area contributed by atoms with Crippen molar-refractivity contribution in [1.82, 2.24) is 19.7 Å². The Kier molecular flexibility index (Phi) is 7.21. The number of nitrogens with two attached hydrogens (primary N) is 1. The fourth-order valence-corrected chi connectivity index (χ4v) is 5.79. The molecule has 2 aliphatic rings. The second-order valence-electron chi connectivity index (χ2n) is 9.10. The first-order chi connectivity index (χ1) is 18.6. The van der Waals surface area contributed by atoms with Crippen LogP contribution in [0.4, 0.5) is 17.3 Å². The molecular formula is C22H28N7O9P. The van der Waals surface area contributed by atoms with E-state index >= 15 is 0 Å². The van der Waals surface area contributed by atoms with Crippen LogP contribution in [0.25, 0.3) is 10.9 Å². The normalized spacial score (nSPS) is 24.0. The zero-order valence-corrected chi connectivity index (χ0v) is 21.5. The lowest BCUT2D eigenvalue weighted by Gasteiger charge is -2.36. The van der Waals surface area contributed by atoms with Gasteiger partial charge in [0, 0.05) is 23.6 Å². The number of esters is 1. The second-order valence-corrected chi connectivity index (χ2v) is 10.6. The third-order valence-electron chi connectivity index (χ3n) is 6.88. The summed E-state index contributed by atoms with van der Waals surface area (Å²) >= 11 is 0. The van der Waals surface area contributed by atoms with Crippen molar-refractivity contribution < 1.29 is 43.9 Å². The van der Waals surface area contributed by atoms with E-state index in [-0.39, 0.29) is 24.0 Å². The molecule has 5 atom stereocenters. The molecular weight excluding hydrogens is 537 g/mol. The van der Waals surface area contributed by atoms with Crippen LogP contribution >= 0.6 is 7.75 Å². The number of nitrogens with zero attached hydrogens (tertiary/aromatic N) is 5. The zero-order valence-electron chi connectivity index (χ0n) is 20.6. The van der Waals surface area contributed by atoms with Crippen LogP contribution in [0, 0.1) is 0 Å². The number of para-hydroxylation sites is 1. The highest BCUT2D eigenvalue weighted by Crippen LogP contribution is 2.50. The number of carbonyl (C=O) groups excluding carboxylic acids is 1. The summed E-state index contributed by atoms with van der Waals surface area (Å²) in [5.74, 6) is -1.99. The number of rotatable bonds is 8. The van der Waals surface area contributed by atoms with Crippen LogP contribution < -0.4 is 15.6 Å². The maximum Gasteiger partial charge on any atom is 0.420 e. The van der Waals surface area contributed by atoms with Gasteiger partial charge >= 0.3 is 13.7 Å². The number of anilines is 3. The van der Waals surface area contributed by atoms with Gasteiger partial charge in [-0.15, -0.1) is 4.78 Å². The predicted molar refractivity (Wildman–Crippen MR) is 136 cm³/mol. The number of carbonyl (C=O) groups is 1. The molecule has 0 aliphatic carbocycles. The summed E-state index contributed by atoms with van der Waals surface area (Å²) in [7, 11) is -3.99. The van der Waals surface area contributed by atoms with Crippen LogP contribution in [-0.4, -0.2) is 102 Å². The molecule has 2 aliphatic heterocycles. The predicted octanol–water partition coefficient (Wildman–Crippen LogP) is -1.17. The van der Waals surface area contributed by atoms with Crippen molar-refractivity contribution in [2.75, 3.05) is 42.6 Å². The van der Waals surface area contributed by atoms with E-state index in [0.29, 0.717) is 21.2 Å². The van der Waals surface area contributed by atoms with E-state index in [4.69, 9.17) is 15.2 Å². The van der Waals surface area contributed by atoms with Crippen molar-refractivity contribution in [3.05, 3.63) is 42.4 Å². The molecule has 1 fully saturated rings. The molecule has 3 aromatic rings. The Bertz CT molecular complexity index is 1420. The lowest BCUT2D eigenvalue weighted by Crippen LogP contribution is -2.50. The molecule has 0 radical (unpaired) electrons. The highest BCUT2D eigenvalue weighted by Gasteiger charge is 2.51. The first kappa shape index (κ1) is 27.2. The van der Waals surface area contributed by atoms with Crippen LogP contribution in [0.1, 0.15) is 11.5 Å². The number of nitrogens with one attached hydrogen (secondary N) is 1. The van der Waals surface area contributed by atoms with Gasteiger partial charge in [-0.1, -0.05) is 18.2 Å². The number of hydrogen-bond acceptors (Lipinski definition) is 12. The van der Waals surface area contributed by atoms with Crippen molar-refractivity contribution in [3.63, 3.8) is 0 Å². The number of hydrogen-bond donors (Lipinski definition) is 7. The number of aromatic nitrogens is 3. The molecule has 4 heterocycles. The number of methoxy groups -OCH3 is 1. The average molecular weight is 565 g/mol. The fraction of sp³-hybridized carbons (Fsp3) is 0.409. The molecule has 0 spiro atoms. The third kappa shape index (κ3) is 4.70. The number of aromatic amines is 1. The van der Waals surface area contributed by atoms with E-state index in [9.17, 15) is 34.5 Å². The molecule has 1 aromatic carbocycles. The molecule has 8 N–H and O–H groups in total. The first-order valence-corrected chi connectivity index (χ1v) is 13.4. The van der Waals surface area contributed by atoms with Gasteiger partial charge in [0.1, 0.15) is 37.0 Å². The van der Waals surface area contributed by atoms with E-state index in [1.165, 1.54) is 12.0 Å². The Labute approximate surface area is 221 Å². The Morgan fingerprint density at radius 3 is 2.72 bits per heavy atom. The molecule has 16 nitrogen and oxygen atoms in total. The van der Waals surface area contributed by atoms with Gasteiger partial charge in [0.25, 0.3) is 0 Å². The van der Waals surface area contributed by atoms with Crippen LogP contribution in [0.15, 0.2) is 36.8 Å². The fourth-order valence-electron chi connectivity index (χ4n) is 4.98. The van der Waals surface area contributed by atoms with Gasteiger partial charge in [-0.3, -0.25) is 9.80 Å². The van der Waals surface area contributed by atoms with Crippen LogP contribution in [0.5, 0.6) is 0 Å². The zero-order chi connectivity index (χ0) is 28.1. The van der Waals surface area contributed by atoms with Crippen molar-refractivity contribution in [2.45, 2.75) is 30.5 Å². The lowest BCUT2D eigenvalue weighted by atomic mass is 9.98. The van der Waals surface area contributed by atoms with E-state index in [0.717, 1.165) is 11.3 Å². The van der Waals surface area contributed by atoms with E-state index in [1.807, 2.05) is 0 Å². The Hall–Kier alpha value is -3.34. The van der Waals surface area contributed by atoms with Gasteiger partial charge in [-0.2, -0.15) is 0 Å². The second kappa shape index (κ2) is 10.3. The summed E-state index contributed by atoms with van der Waals surface area (Å²) < 4.78 is 24.2. The molecule has 3 unspecified atom stereocenters. The van der Waals surface area contributed by atoms with E-state index in [1.54, 1.807) is 30.5 Å². The lowest BCUT2D eigenvalue weighted by molar-refractivity contribution is -0.142. The van der Waals surface area contributed by atoms with Gasteiger partial charge in [0.15, 0.2) is 17.9 Å². The highest BCUT2D eigenvalue weighted by atomic mass is 31.2. The van der Waals surface area contributed by atoms with Gasteiger partial charge in [0.2, 0.25) is 0 Å². The minimum absolute atomic E-state index is 0.0129. The van der Waals surface area contributed by atoms with Crippen LogP contribution in [0.3, 0.4) is 0 Å². The molecule has 1 saturated heterocycles. The summed E-state index contributed by atoms with van der Waals surface area (Å²) in [6.07, 6.45) is -2.59. The molecule has 0 saturated carbocycles. The smallest absolute Gasteiger partial charge is 0.420 e. The van der Waals surface area contributed by atoms with E-state index < -0.39 is 57.3 Å². The number of aliphatic hydroxyl groups excluding tert-OH is 3. The summed E-state index contributed by atoms with van der Waals surface area (Å²) in [5, 5.41) is 32.2. The van der Waals surface area contributed by atoms with Gasteiger partial charge in [-0.25, -0.2) is 14.5 Å². The monoisotopic (exact) mass is 565 g/mol. The van der Waals surface area contributed by atoms with Crippen molar-refractivity contribution in [1.29, 1.82) is 0 Å². The SMILES string of the molecule is COC(=O)C(CN(N1CN([C@@H]2O[C@H](CO)C(O)C2O)c2ncnc(N)c21)P(=O)(O)O)c1c[nH]c2ccccc12. The maximum absolute atomic E-state index is 13.0. The summed E-state index contributed by atoms with van der Waals surface area (Å²) in [6.45, 7) is -1.49. The largest absolute Gasteiger partial charge is 0.469 e. The molecule has 17 heteroatoms. The van der Waals surface area contributed by atoms with Gasteiger partial charge in [-0.05, 0) is 11.6 Å². The molecule has 0 bridgehead atoms. The minimum atomic E-state index is -5.16. The number of ether oxygens (including phenoxy) is 2. The number of H-pyrrole nitrogens is 1. The third-order valence-corrected chi connectivity index (χ3v) is 7.86. The Morgan fingerprint density at radius 2 is 2.05 bits per heavy atom. The summed E-state index contributed by atoms with van der Waals surface area (Å²) in [5.41, 5.74) is 7.27. The van der Waals surface area contributed by atoms with Crippen molar-refractivity contribution in [2.24, 2.45) is 0 Å². The standard InChI is InChI=1S/C22H28N7O9P/c1-37-22(33)13(12-6-24-14-5-3-2-4-11(12)14)7-29(39(34,35)36)28-10-27(20-16(28)19(23)25-9-26-20)21-18(32)17(31)15(8-30)38-21/h2-6,9,13,15,17-18,21,24,30-32H,7-8,10H2,1H3,(H2,23,25,26)(H2,34,35,36)/t13?,15-,17?,18?,21-/m1/s1. The number of hydrazine groups is 1. The number of aliphatic hydroxyl groups is 3. The van der Waals surface area contributed by atoms with Crippen molar-refractivity contribution >= 4 is 41.9 Å². The molecule has 2 aromatic heterocycles. The topological polar surface area (TPSA) is 231 Å². The van der Waals surface area contributed by atoms with Gasteiger partial charge in [0.05, 0.1) is 19.6 Å². The van der Waals surface area contributed by atoms with Crippen molar-refractivity contribution in [3.8, 4) is 0 Å². The van der Waals surface area contributed by atoms with Crippen LogP contribution in [0.2, 0.25) is 0 Å². The quantitative estimate of drug-likeness (QED) is 0.126. The average Bonchev–Trinajstić information content (AvgIpc) is 3.58. The molecule has 210 valence electrons. The summed E-state index contributed by atoms with van der Waals surface area (Å²) in [6, 6.07) is 7.12. The van der Waals surface area contributed by atoms with Crippen LogP contribution in [-0.2, 0) is 18.8 Å². The first-order valence-electron chi connectivity index (χ1n) is 11.8. The molecule has 39 heavy (non-hydrogen) atoms. The molecule has 5 rings (SSSR count). The summed E-state index contributed by atoms with van der Waals surface area (Å²) in [4.78, 5) is 46.4. The number of fused-ring (bicyclic) bond motifs is 2. The van der Waals surface area contributed by atoms with E-state index in [2.05, 4.69) is 15.0 Å². The molecule has 0 amide bonds. The minimum Gasteiger partial charge on any atom is -0.469 e. The number of nitrogen functional groups attached to an aromatic ring is 1. The maximum atomic E-state index is 13.0.